The molecule has 0 N–H and O–H groups in total. The first-order chi connectivity index (χ1) is 7.15. The second-order valence-corrected chi connectivity index (χ2v) is 3.88. The second kappa shape index (κ2) is 3.70. The zero-order valence-corrected chi connectivity index (χ0v) is 9.45. The molecule has 4 nitrogen and oxygen atoms in total. The van der Waals surface area contributed by atoms with Gasteiger partial charge >= 0.3 is 0 Å². The van der Waals surface area contributed by atoms with Gasteiger partial charge in [0.25, 0.3) is 5.56 Å². The van der Waals surface area contributed by atoms with E-state index in [2.05, 4.69) is 4.98 Å². The highest BCUT2D eigenvalue weighted by Crippen LogP contribution is 2.05. The van der Waals surface area contributed by atoms with Crippen LogP contribution in [0.2, 0.25) is 0 Å². The van der Waals surface area contributed by atoms with Gasteiger partial charge in [-0.1, -0.05) is 0 Å². The minimum atomic E-state index is -0.0150. The lowest BCUT2D eigenvalue weighted by molar-refractivity contribution is 0.880. The average molecular weight is 226 g/mol. The molecule has 2 aromatic rings. The smallest absolute Gasteiger partial charge is 0.262 e. The molecule has 15 heavy (non-hydrogen) atoms. The molecule has 0 saturated heterocycles. The van der Waals surface area contributed by atoms with Gasteiger partial charge < -0.3 is 4.57 Å². The molecule has 0 aliphatic rings. The van der Waals surface area contributed by atoms with Crippen molar-refractivity contribution in [3.05, 3.63) is 34.0 Å². The Morgan fingerprint density at radius 1 is 1.47 bits per heavy atom. The molecular weight excluding hydrogens is 214 g/mol. The topological polar surface area (TPSA) is 39.3 Å². The van der Waals surface area contributed by atoms with Crippen LogP contribution < -0.4 is 5.56 Å². The maximum Gasteiger partial charge on any atom is 0.262 e. The predicted molar refractivity (Wildman–Crippen MR) is 59.6 cm³/mol. The molecule has 0 fully saturated rings. The molecule has 5 heteroatoms. The molecule has 2 rings (SSSR count). The molecule has 0 amide bonds. The normalized spacial score (nSPS) is 11.1. The van der Waals surface area contributed by atoms with E-state index in [1.54, 1.807) is 10.6 Å². The molecule has 0 bridgehead atoms. The molecule has 0 spiro atoms. The van der Waals surface area contributed by atoms with E-state index in [0.29, 0.717) is 23.6 Å². The van der Waals surface area contributed by atoms with Crippen molar-refractivity contribution in [3.8, 4) is 0 Å². The number of fused-ring (bicyclic) bond motifs is 1. The van der Waals surface area contributed by atoms with Gasteiger partial charge in [-0.15, -0.1) is 11.6 Å². The van der Waals surface area contributed by atoms with Crippen molar-refractivity contribution < 1.29 is 0 Å². The molecule has 2 heterocycles. The summed E-state index contributed by atoms with van der Waals surface area (Å²) in [5.41, 5.74) is 1.45. The Morgan fingerprint density at radius 2 is 2.20 bits per heavy atom. The highest BCUT2D eigenvalue weighted by molar-refractivity contribution is 6.17. The van der Waals surface area contributed by atoms with Gasteiger partial charge in [-0.3, -0.25) is 9.20 Å². The second-order valence-electron chi connectivity index (χ2n) is 3.50. The number of alkyl halides is 1. The van der Waals surface area contributed by atoms with Gasteiger partial charge in [-0.2, -0.15) is 0 Å². The first kappa shape index (κ1) is 10.2. The van der Waals surface area contributed by atoms with Gasteiger partial charge in [0.15, 0.2) is 0 Å². The monoisotopic (exact) mass is 225 g/mol. The van der Waals surface area contributed by atoms with Crippen molar-refractivity contribution in [2.75, 3.05) is 5.88 Å². The molecule has 0 aliphatic heterocycles. The minimum absolute atomic E-state index is 0.0150. The van der Waals surface area contributed by atoms with Gasteiger partial charge in [-0.05, 0) is 13.3 Å². The molecule has 0 atom stereocenters. The first-order valence-electron chi connectivity index (χ1n) is 4.74. The van der Waals surface area contributed by atoms with E-state index in [0.717, 1.165) is 5.69 Å². The number of imidazole rings is 1. The summed E-state index contributed by atoms with van der Waals surface area (Å²) in [6.07, 6.45) is 4.10. The summed E-state index contributed by atoms with van der Waals surface area (Å²) in [7, 11) is 1.86. The van der Waals surface area contributed by atoms with Gasteiger partial charge in [0.05, 0.1) is 5.69 Å². The van der Waals surface area contributed by atoms with Crippen molar-refractivity contribution in [2.45, 2.75) is 13.3 Å². The van der Waals surface area contributed by atoms with Crippen molar-refractivity contribution >= 4 is 17.4 Å². The van der Waals surface area contributed by atoms with Gasteiger partial charge in [0, 0.05) is 30.9 Å². The summed E-state index contributed by atoms with van der Waals surface area (Å²) in [6, 6.07) is 0. The van der Waals surface area contributed by atoms with Crippen molar-refractivity contribution in [2.24, 2.45) is 7.05 Å². The van der Waals surface area contributed by atoms with E-state index in [9.17, 15) is 4.79 Å². The van der Waals surface area contributed by atoms with Crippen LogP contribution >= 0.6 is 11.6 Å². The Kier molecular flexibility index (Phi) is 2.52. The Balaban J connectivity index is 2.79. The van der Waals surface area contributed by atoms with Crippen molar-refractivity contribution in [1.29, 1.82) is 0 Å². The fourth-order valence-electron chi connectivity index (χ4n) is 1.66. The molecule has 0 radical (unpaired) electrons. The maximum atomic E-state index is 12.0. The molecular formula is C10H12ClN3O. The number of hydrogen-bond acceptors (Lipinski definition) is 2. The molecule has 0 aliphatic carbocycles. The average Bonchev–Trinajstić information content (AvgIpc) is 2.55. The standard InChI is InChI=1S/C10H12ClN3O/c1-7-8(3-4-11)9(15)14-6-5-13(2)10(14)12-7/h5-6H,3-4H2,1-2H3. The lowest BCUT2D eigenvalue weighted by Crippen LogP contribution is -2.21. The summed E-state index contributed by atoms with van der Waals surface area (Å²) in [5, 5.41) is 0. The highest BCUT2D eigenvalue weighted by Gasteiger charge is 2.10. The summed E-state index contributed by atoms with van der Waals surface area (Å²) in [6.45, 7) is 1.84. The number of aromatic nitrogens is 3. The first-order valence-corrected chi connectivity index (χ1v) is 5.27. The fourth-order valence-corrected chi connectivity index (χ4v) is 1.85. The molecule has 0 aromatic carbocycles. The number of nitrogens with zero attached hydrogens (tertiary/aromatic N) is 3. The van der Waals surface area contributed by atoms with Crippen LogP contribution in [0.1, 0.15) is 11.3 Å². The molecule has 0 saturated carbocycles. The van der Waals surface area contributed by atoms with Gasteiger partial charge in [-0.25, -0.2) is 4.98 Å². The summed E-state index contributed by atoms with van der Waals surface area (Å²) < 4.78 is 3.37. The van der Waals surface area contributed by atoms with Crippen LogP contribution in [-0.2, 0) is 13.5 Å². The van der Waals surface area contributed by atoms with Crippen molar-refractivity contribution in [3.63, 3.8) is 0 Å². The van der Waals surface area contributed by atoms with Crippen LogP contribution in [0.3, 0.4) is 0 Å². The Morgan fingerprint density at radius 3 is 2.87 bits per heavy atom. The van der Waals surface area contributed by atoms with Gasteiger partial charge in [0.1, 0.15) is 0 Å². The van der Waals surface area contributed by atoms with Gasteiger partial charge in [0.2, 0.25) is 5.78 Å². The quantitative estimate of drug-likeness (QED) is 0.719. The van der Waals surface area contributed by atoms with E-state index in [1.165, 1.54) is 0 Å². The van der Waals surface area contributed by atoms with Crippen LogP contribution in [0, 0.1) is 6.92 Å². The van der Waals surface area contributed by atoms with E-state index in [4.69, 9.17) is 11.6 Å². The van der Waals surface area contributed by atoms with Crippen LogP contribution in [0.15, 0.2) is 17.2 Å². The third-order valence-corrected chi connectivity index (χ3v) is 2.69. The third-order valence-electron chi connectivity index (χ3n) is 2.50. The summed E-state index contributed by atoms with van der Waals surface area (Å²) >= 11 is 5.66. The van der Waals surface area contributed by atoms with Crippen molar-refractivity contribution in [1.82, 2.24) is 14.0 Å². The molecule has 0 unspecified atom stereocenters. The Bertz CT molecular complexity index is 556. The van der Waals surface area contributed by atoms with Crippen LogP contribution in [-0.4, -0.2) is 19.8 Å². The summed E-state index contributed by atoms with van der Waals surface area (Å²) in [4.78, 5) is 16.4. The van der Waals surface area contributed by atoms with Crippen LogP contribution in [0.4, 0.5) is 0 Å². The Hall–Kier alpha value is -1.29. The predicted octanol–water partition coefficient (Wildman–Crippen LogP) is 1.12. The number of aryl methyl sites for hydroxylation is 2. The highest BCUT2D eigenvalue weighted by atomic mass is 35.5. The number of halogens is 1. The lowest BCUT2D eigenvalue weighted by atomic mass is 10.2. The van der Waals surface area contributed by atoms with E-state index < -0.39 is 0 Å². The van der Waals surface area contributed by atoms with E-state index in [1.807, 2.05) is 24.7 Å². The Labute approximate surface area is 92.1 Å². The third kappa shape index (κ3) is 1.55. The summed E-state index contributed by atoms with van der Waals surface area (Å²) in [5.74, 6) is 1.10. The van der Waals surface area contributed by atoms with E-state index >= 15 is 0 Å². The van der Waals surface area contributed by atoms with Crippen LogP contribution in [0.5, 0.6) is 0 Å². The molecule has 80 valence electrons. The van der Waals surface area contributed by atoms with Crippen LogP contribution in [0.25, 0.3) is 5.78 Å². The van der Waals surface area contributed by atoms with E-state index in [-0.39, 0.29) is 5.56 Å². The zero-order valence-electron chi connectivity index (χ0n) is 8.70. The number of hydrogen-bond donors (Lipinski definition) is 0. The molecule has 2 aromatic heterocycles. The lowest BCUT2D eigenvalue weighted by Gasteiger charge is -2.04. The zero-order chi connectivity index (χ0) is 11.0. The fraction of sp³-hybridized carbons (Fsp3) is 0.400. The SMILES string of the molecule is Cc1nc2n(C)ccn2c(=O)c1CCCl. The maximum absolute atomic E-state index is 12.0. The number of rotatable bonds is 2. The minimum Gasteiger partial charge on any atom is -0.320 e. The largest absolute Gasteiger partial charge is 0.320 e.